The Kier molecular flexibility index (Phi) is 2.84. The number of nitriles is 1. The minimum atomic E-state index is -0.688. The van der Waals surface area contributed by atoms with Crippen LogP contribution in [0.4, 0.5) is 0 Å². The SMILES string of the molecule is CC(=O)[C@H]1OC(N)=C(C#N)[C@@H]1c1ccccc1. The molecule has 1 aromatic carbocycles. The highest BCUT2D eigenvalue weighted by Crippen LogP contribution is 2.37. The third kappa shape index (κ3) is 1.87. The van der Waals surface area contributed by atoms with Gasteiger partial charge in [-0.3, -0.25) is 4.79 Å². The number of benzene rings is 1. The molecule has 1 aliphatic rings. The Morgan fingerprint density at radius 2 is 2.06 bits per heavy atom. The summed E-state index contributed by atoms with van der Waals surface area (Å²) in [5, 5.41) is 9.09. The van der Waals surface area contributed by atoms with Crippen molar-refractivity contribution in [2.75, 3.05) is 0 Å². The van der Waals surface area contributed by atoms with Gasteiger partial charge in [0.05, 0.1) is 5.92 Å². The molecule has 0 spiro atoms. The molecule has 17 heavy (non-hydrogen) atoms. The molecule has 0 bridgehead atoms. The smallest absolute Gasteiger partial charge is 0.199 e. The lowest BCUT2D eigenvalue weighted by molar-refractivity contribution is -0.125. The zero-order valence-electron chi connectivity index (χ0n) is 9.38. The minimum Gasteiger partial charge on any atom is -0.466 e. The van der Waals surface area contributed by atoms with Crippen molar-refractivity contribution < 1.29 is 9.53 Å². The molecule has 0 fully saturated rings. The molecule has 1 aromatic rings. The Hall–Kier alpha value is -2.28. The quantitative estimate of drug-likeness (QED) is 0.831. The van der Waals surface area contributed by atoms with Gasteiger partial charge in [0.1, 0.15) is 11.6 Å². The number of carbonyl (C=O) groups excluding carboxylic acids is 1. The average Bonchev–Trinajstić information content (AvgIpc) is 2.67. The van der Waals surface area contributed by atoms with Crippen molar-refractivity contribution >= 4 is 5.78 Å². The van der Waals surface area contributed by atoms with Crippen LogP contribution in [0.5, 0.6) is 0 Å². The fourth-order valence-electron chi connectivity index (χ4n) is 2.02. The maximum absolute atomic E-state index is 11.5. The van der Waals surface area contributed by atoms with Gasteiger partial charge in [0, 0.05) is 0 Å². The van der Waals surface area contributed by atoms with E-state index in [1.165, 1.54) is 6.92 Å². The first-order valence-electron chi connectivity index (χ1n) is 5.27. The molecule has 0 aliphatic carbocycles. The number of Topliss-reactive ketones (excluding diaryl/α,β-unsaturated/α-hetero) is 1. The van der Waals surface area contributed by atoms with E-state index in [1.54, 1.807) is 0 Å². The second-order valence-electron chi connectivity index (χ2n) is 3.93. The van der Waals surface area contributed by atoms with Crippen LogP contribution in [0.15, 0.2) is 41.8 Å². The zero-order chi connectivity index (χ0) is 12.4. The van der Waals surface area contributed by atoms with Crippen molar-refractivity contribution in [3.8, 4) is 6.07 Å². The van der Waals surface area contributed by atoms with Crippen molar-refractivity contribution in [1.29, 1.82) is 5.26 Å². The molecule has 86 valence electrons. The van der Waals surface area contributed by atoms with Crippen LogP contribution in [0.1, 0.15) is 18.4 Å². The normalized spacial score (nSPS) is 23.1. The maximum Gasteiger partial charge on any atom is 0.199 e. The van der Waals surface area contributed by atoms with Gasteiger partial charge in [0.15, 0.2) is 17.8 Å². The molecular formula is C13H12N2O2. The van der Waals surface area contributed by atoms with Gasteiger partial charge in [-0.05, 0) is 12.5 Å². The van der Waals surface area contributed by atoms with Crippen LogP contribution in [0.25, 0.3) is 0 Å². The highest BCUT2D eigenvalue weighted by molar-refractivity contribution is 5.83. The van der Waals surface area contributed by atoms with E-state index in [-0.39, 0.29) is 11.7 Å². The first kappa shape index (κ1) is 11.2. The largest absolute Gasteiger partial charge is 0.466 e. The minimum absolute atomic E-state index is 0.0570. The Bertz CT molecular complexity index is 514. The molecular weight excluding hydrogens is 216 g/mol. The van der Waals surface area contributed by atoms with E-state index < -0.39 is 12.0 Å². The number of nitrogens with two attached hydrogens (primary N) is 1. The van der Waals surface area contributed by atoms with Crippen molar-refractivity contribution in [3.05, 3.63) is 47.4 Å². The summed E-state index contributed by atoms with van der Waals surface area (Å²) in [5.74, 6) is -0.465. The fraction of sp³-hybridized carbons (Fsp3) is 0.231. The third-order valence-electron chi connectivity index (χ3n) is 2.81. The number of rotatable bonds is 2. The number of ether oxygens (including phenoxy) is 1. The lowest BCUT2D eigenvalue weighted by Crippen LogP contribution is -2.25. The summed E-state index contributed by atoms with van der Waals surface area (Å²) in [6.45, 7) is 1.44. The van der Waals surface area contributed by atoms with Crippen molar-refractivity contribution in [2.45, 2.75) is 18.9 Å². The molecule has 0 radical (unpaired) electrons. The molecule has 2 atom stereocenters. The van der Waals surface area contributed by atoms with Gasteiger partial charge in [-0.2, -0.15) is 5.26 Å². The molecule has 0 saturated carbocycles. The predicted molar refractivity (Wildman–Crippen MR) is 61.6 cm³/mol. The first-order chi connectivity index (χ1) is 8.15. The van der Waals surface area contributed by atoms with E-state index in [0.717, 1.165) is 5.56 Å². The number of hydrogen-bond acceptors (Lipinski definition) is 4. The van der Waals surface area contributed by atoms with Crippen LogP contribution in [0.3, 0.4) is 0 Å². The van der Waals surface area contributed by atoms with Crippen LogP contribution in [0.2, 0.25) is 0 Å². The molecule has 0 amide bonds. The van der Waals surface area contributed by atoms with E-state index in [9.17, 15) is 4.79 Å². The van der Waals surface area contributed by atoms with Gasteiger partial charge < -0.3 is 10.5 Å². The Morgan fingerprint density at radius 1 is 1.41 bits per heavy atom. The molecule has 1 aliphatic heterocycles. The second-order valence-corrected chi connectivity index (χ2v) is 3.93. The molecule has 1 heterocycles. The van der Waals surface area contributed by atoms with Gasteiger partial charge in [-0.15, -0.1) is 0 Å². The Morgan fingerprint density at radius 3 is 2.59 bits per heavy atom. The predicted octanol–water partition coefficient (Wildman–Crippen LogP) is 1.45. The highest BCUT2D eigenvalue weighted by atomic mass is 16.5. The van der Waals surface area contributed by atoms with Crippen LogP contribution in [-0.4, -0.2) is 11.9 Å². The van der Waals surface area contributed by atoms with Gasteiger partial charge in [0.2, 0.25) is 0 Å². The summed E-state index contributed by atoms with van der Waals surface area (Å²) in [6.07, 6.45) is -0.688. The van der Waals surface area contributed by atoms with E-state index in [0.29, 0.717) is 5.57 Å². The first-order valence-corrected chi connectivity index (χ1v) is 5.27. The molecule has 2 N–H and O–H groups in total. The van der Waals surface area contributed by atoms with Gasteiger partial charge in [0.25, 0.3) is 0 Å². The monoisotopic (exact) mass is 228 g/mol. The van der Waals surface area contributed by atoms with Crippen molar-refractivity contribution in [3.63, 3.8) is 0 Å². The van der Waals surface area contributed by atoms with E-state index in [4.69, 9.17) is 15.7 Å². The summed E-state index contributed by atoms with van der Waals surface area (Å²) >= 11 is 0. The van der Waals surface area contributed by atoms with E-state index in [2.05, 4.69) is 0 Å². The zero-order valence-corrected chi connectivity index (χ0v) is 9.38. The van der Waals surface area contributed by atoms with E-state index in [1.807, 2.05) is 36.4 Å². The van der Waals surface area contributed by atoms with Crippen molar-refractivity contribution in [1.82, 2.24) is 0 Å². The summed E-state index contributed by atoms with van der Waals surface area (Å²) in [7, 11) is 0. The van der Waals surface area contributed by atoms with Gasteiger partial charge in [-0.1, -0.05) is 30.3 Å². The standard InChI is InChI=1S/C13H12N2O2/c1-8(16)12-11(9-5-3-2-4-6-9)10(7-14)13(15)17-12/h2-6,11-12H,15H2,1H3/t11-,12+/m0/s1. The van der Waals surface area contributed by atoms with Crippen LogP contribution in [0, 0.1) is 11.3 Å². The molecule has 4 heteroatoms. The number of carbonyl (C=O) groups is 1. The topological polar surface area (TPSA) is 76.1 Å². The van der Waals surface area contributed by atoms with Gasteiger partial charge in [-0.25, -0.2) is 0 Å². The number of hydrogen-bond donors (Lipinski definition) is 1. The summed E-state index contributed by atoms with van der Waals surface area (Å²) in [4.78, 5) is 11.5. The highest BCUT2D eigenvalue weighted by Gasteiger charge is 2.39. The van der Waals surface area contributed by atoms with E-state index >= 15 is 0 Å². The lowest BCUT2D eigenvalue weighted by atomic mass is 9.87. The molecule has 0 saturated heterocycles. The number of nitrogens with zero attached hydrogens (tertiary/aromatic N) is 1. The Labute approximate surface area is 99.3 Å². The molecule has 2 rings (SSSR count). The van der Waals surface area contributed by atoms with Crippen LogP contribution < -0.4 is 5.73 Å². The summed E-state index contributed by atoms with van der Waals surface area (Å²) in [5.41, 5.74) is 6.82. The second kappa shape index (κ2) is 4.30. The van der Waals surface area contributed by atoms with Crippen LogP contribution in [-0.2, 0) is 9.53 Å². The molecule has 0 unspecified atom stereocenters. The third-order valence-corrected chi connectivity index (χ3v) is 2.81. The maximum atomic E-state index is 11.5. The summed E-state index contributed by atoms with van der Waals surface area (Å²) in [6, 6.07) is 11.3. The Balaban J connectivity index is 2.47. The average molecular weight is 228 g/mol. The molecule has 0 aromatic heterocycles. The lowest BCUT2D eigenvalue weighted by Gasteiger charge is -2.16. The molecule has 4 nitrogen and oxygen atoms in total. The summed E-state index contributed by atoms with van der Waals surface area (Å²) < 4.78 is 5.28. The number of ketones is 1. The van der Waals surface area contributed by atoms with Crippen LogP contribution >= 0.6 is 0 Å². The fourth-order valence-corrected chi connectivity index (χ4v) is 2.02. The van der Waals surface area contributed by atoms with Crippen molar-refractivity contribution in [2.24, 2.45) is 5.73 Å². The van der Waals surface area contributed by atoms with Gasteiger partial charge >= 0.3 is 0 Å².